The van der Waals surface area contributed by atoms with E-state index in [2.05, 4.69) is 0 Å². The summed E-state index contributed by atoms with van der Waals surface area (Å²) in [7, 11) is 0. The molecule has 0 rings (SSSR count). The standard InChI is InChI=1S/2C2H5O.Al.Na.2H/c2*1-2-3;;;;/h2*2H2,1H3;;;;/q2*-1;+3;+1;2*-1. The zero-order valence-corrected chi connectivity index (χ0v) is 8.96. The third-order valence-electron chi connectivity index (χ3n) is 0.469. The molecular formula is C4H12AlNaO2. The van der Waals surface area contributed by atoms with Crippen molar-refractivity contribution in [3.05, 3.63) is 0 Å². The average molecular weight is 142 g/mol. The van der Waals surface area contributed by atoms with Crippen LogP contribution in [0.4, 0.5) is 0 Å². The fourth-order valence-corrected chi connectivity index (χ4v) is 0.553. The molecule has 0 heterocycles. The third kappa shape index (κ3) is 10.4. The second-order valence-corrected chi connectivity index (χ2v) is 1.87. The molecule has 0 saturated carbocycles. The largest absolute Gasteiger partial charge is 1.00 e. The van der Waals surface area contributed by atoms with Gasteiger partial charge < -0.3 is 2.85 Å². The second-order valence-electron chi connectivity index (χ2n) is 1.01. The summed E-state index contributed by atoms with van der Waals surface area (Å²) in [6, 6.07) is 0. The van der Waals surface area contributed by atoms with Gasteiger partial charge in [-0.25, -0.2) is 0 Å². The van der Waals surface area contributed by atoms with Crippen LogP contribution >= 0.6 is 0 Å². The molecule has 2 nitrogen and oxygen atoms in total. The molecule has 0 radical (unpaired) electrons. The molecule has 0 N–H and O–H groups in total. The second kappa shape index (κ2) is 11.3. The fourth-order valence-electron chi connectivity index (χ4n) is 0.184. The average Bonchev–Trinajstić information content (AvgIpc) is 1.69. The summed E-state index contributed by atoms with van der Waals surface area (Å²) in [5.74, 6) is 0. The van der Waals surface area contributed by atoms with Crippen molar-refractivity contribution in [3.8, 4) is 0 Å². The normalized spacial score (nSPS) is 7.25. The first-order valence-electron chi connectivity index (χ1n) is 2.46. The number of hydrogen-bond acceptors (Lipinski definition) is 2. The van der Waals surface area contributed by atoms with Crippen LogP contribution in [-0.2, 0) is 7.58 Å². The van der Waals surface area contributed by atoms with Gasteiger partial charge in [0.05, 0.1) is 0 Å². The maximum absolute atomic E-state index is 4.94. The Kier molecular flexibility index (Phi) is 17.1. The Labute approximate surface area is 82.6 Å². The van der Waals surface area contributed by atoms with Crippen LogP contribution in [0.1, 0.15) is 16.7 Å². The third-order valence-corrected chi connectivity index (χ3v) is 1.41. The van der Waals surface area contributed by atoms with E-state index in [1.807, 2.05) is 13.8 Å². The minimum atomic E-state index is -0.178. The molecule has 0 atom stereocenters. The van der Waals surface area contributed by atoms with Gasteiger partial charge in [0.2, 0.25) is 0 Å². The molecule has 0 aromatic carbocycles. The summed E-state index contributed by atoms with van der Waals surface area (Å²) in [6.07, 6.45) is 0. The van der Waals surface area contributed by atoms with Gasteiger partial charge in [-0.05, 0) is 0 Å². The van der Waals surface area contributed by atoms with Crippen LogP contribution in [0, 0.1) is 0 Å². The van der Waals surface area contributed by atoms with E-state index < -0.39 is 0 Å². The van der Waals surface area contributed by atoms with Crippen molar-refractivity contribution in [1.82, 2.24) is 0 Å². The summed E-state index contributed by atoms with van der Waals surface area (Å²) in [5.41, 5.74) is 0. The van der Waals surface area contributed by atoms with Gasteiger partial charge >= 0.3 is 80.1 Å². The van der Waals surface area contributed by atoms with Crippen molar-refractivity contribution in [2.45, 2.75) is 13.8 Å². The molecule has 0 fully saturated rings. The molecule has 0 aliphatic heterocycles. The summed E-state index contributed by atoms with van der Waals surface area (Å²) < 4.78 is 9.87. The van der Waals surface area contributed by atoms with Gasteiger partial charge in [-0.1, -0.05) is 0 Å². The van der Waals surface area contributed by atoms with Gasteiger partial charge in [-0.15, -0.1) is 0 Å². The van der Waals surface area contributed by atoms with Crippen LogP contribution in [0.2, 0.25) is 0 Å². The van der Waals surface area contributed by atoms with E-state index in [1.165, 1.54) is 0 Å². The number of hydrogen-bond donors (Lipinski definition) is 0. The predicted molar refractivity (Wildman–Crippen MR) is 31.2 cm³/mol. The van der Waals surface area contributed by atoms with Crippen molar-refractivity contribution >= 4 is 15.9 Å². The van der Waals surface area contributed by atoms with Gasteiger partial charge in [-0.3, -0.25) is 0 Å². The first-order valence-corrected chi connectivity index (χ1v) is 3.41. The molecule has 8 heavy (non-hydrogen) atoms. The molecule has 0 unspecified atom stereocenters. The molecule has 0 aliphatic rings. The molecule has 0 bridgehead atoms. The van der Waals surface area contributed by atoms with Gasteiger partial charge in [0.25, 0.3) is 0 Å². The Morgan fingerprint density at radius 2 is 1.62 bits per heavy atom. The maximum atomic E-state index is 4.94. The quantitative estimate of drug-likeness (QED) is 0.328. The molecule has 0 aromatic heterocycles. The Balaban J connectivity index is -0.0000000600. The Hall–Kier alpha value is 1.45. The van der Waals surface area contributed by atoms with E-state index >= 15 is 0 Å². The van der Waals surface area contributed by atoms with Crippen LogP contribution in [0.15, 0.2) is 0 Å². The molecular weight excluding hydrogens is 130 g/mol. The van der Waals surface area contributed by atoms with Gasteiger partial charge in [0.15, 0.2) is 0 Å². The van der Waals surface area contributed by atoms with Crippen molar-refractivity contribution in [2.24, 2.45) is 0 Å². The molecule has 0 aliphatic carbocycles. The van der Waals surface area contributed by atoms with Crippen LogP contribution in [-0.4, -0.2) is 29.1 Å². The van der Waals surface area contributed by atoms with Gasteiger partial charge in [0, 0.05) is 0 Å². The number of rotatable bonds is 4. The van der Waals surface area contributed by atoms with Crippen molar-refractivity contribution < 1.29 is 40.0 Å². The van der Waals surface area contributed by atoms with Crippen molar-refractivity contribution in [2.75, 3.05) is 13.2 Å². The Morgan fingerprint density at radius 3 is 1.88 bits per heavy atom. The molecule has 44 valence electrons. The van der Waals surface area contributed by atoms with Crippen LogP contribution in [0.25, 0.3) is 0 Å². The van der Waals surface area contributed by atoms with E-state index in [-0.39, 0.29) is 48.3 Å². The molecule has 4 heteroatoms. The summed E-state index contributed by atoms with van der Waals surface area (Å²) in [5, 5.41) is 0. The van der Waals surface area contributed by atoms with Gasteiger partial charge in [-0.2, -0.15) is 0 Å². The van der Waals surface area contributed by atoms with Crippen LogP contribution in [0.5, 0.6) is 0 Å². The smallest absolute Gasteiger partial charge is 1.00 e. The summed E-state index contributed by atoms with van der Waals surface area (Å²) in [6.45, 7) is 5.47. The monoisotopic (exact) mass is 142 g/mol. The van der Waals surface area contributed by atoms with E-state index in [9.17, 15) is 0 Å². The minimum Gasteiger partial charge on any atom is -1.00 e. The van der Waals surface area contributed by atoms with Crippen LogP contribution < -0.4 is 29.6 Å². The van der Waals surface area contributed by atoms with Crippen molar-refractivity contribution in [3.63, 3.8) is 0 Å². The summed E-state index contributed by atoms with van der Waals surface area (Å²) >= 11 is -0.178. The first-order chi connectivity index (χ1) is 3.41. The topological polar surface area (TPSA) is 18.5 Å². The molecule has 0 aromatic rings. The van der Waals surface area contributed by atoms with Crippen molar-refractivity contribution in [1.29, 1.82) is 0 Å². The first kappa shape index (κ1) is 12.2. The SMILES string of the molecule is CC[O][Al+][O]CC.[H-].[H-].[Na+]. The Bertz CT molecular complexity index is 40.4. The predicted octanol–water partition coefficient (Wildman–Crippen LogP) is -2.18. The molecule has 0 saturated heterocycles. The van der Waals surface area contributed by atoms with Crippen LogP contribution in [0.3, 0.4) is 0 Å². The minimum absolute atomic E-state index is 0. The molecule has 0 amide bonds. The zero-order valence-electron chi connectivity index (χ0n) is 7.81. The maximum Gasteiger partial charge on any atom is 1.00 e. The van der Waals surface area contributed by atoms with E-state index in [4.69, 9.17) is 7.58 Å². The fraction of sp³-hybridized carbons (Fsp3) is 1.00. The van der Waals surface area contributed by atoms with E-state index in [1.54, 1.807) is 0 Å². The van der Waals surface area contributed by atoms with E-state index in [0.717, 1.165) is 13.2 Å². The summed E-state index contributed by atoms with van der Waals surface area (Å²) in [4.78, 5) is 0. The Morgan fingerprint density at radius 1 is 1.25 bits per heavy atom. The zero-order chi connectivity index (χ0) is 5.54. The van der Waals surface area contributed by atoms with Gasteiger partial charge in [0.1, 0.15) is 0 Å². The molecule has 0 spiro atoms. The van der Waals surface area contributed by atoms with E-state index in [0.29, 0.717) is 0 Å².